The van der Waals surface area contributed by atoms with Crippen LogP contribution < -0.4 is 0 Å². The molecule has 7 heteroatoms. The molecule has 0 aliphatic heterocycles. The third kappa shape index (κ3) is 9.03. The number of ether oxygens (including phenoxy) is 1. The number of esters is 1. The first-order valence-electron chi connectivity index (χ1n) is 5.56. The molecular formula is C10H21O4PS2. The summed E-state index contributed by atoms with van der Waals surface area (Å²) < 4.78 is 16.1. The normalized spacial score (nSPS) is 12.2. The molecule has 0 aromatic rings. The van der Waals surface area contributed by atoms with E-state index in [1.54, 1.807) is 6.92 Å². The smallest absolute Gasteiger partial charge is 0.316 e. The maximum absolute atomic E-state index is 11.3. The van der Waals surface area contributed by atoms with Gasteiger partial charge in [0, 0.05) is 0 Å². The van der Waals surface area contributed by atoms with Crippen LogP contribution in [-0.4, -0.2) is 30.5 Å². The van der Waals surface area contributed by atoms with Gasteiger partial charge < -0.3 is 13.8 Å². The van der Waals surface area contributed by atoms with Crippen molar-refractivity contribution < 1.29 is 18.6 Å². The van der Waals surface area contributed by atoms with Crippen molar-refractivity contribution >= 4 is 34.9 Å². The standard InChI is InChI=1S/C10H21O4PS2/c1-6-12-10(11)7-17-15(16,13-8(2)3)14-9(4)5/h8-9H,6-7H2,1-5H3. The monoisotopic (exact) mass is 300 g/mol. The van der Waals surface area contributed by atoms with Crippen molar-refractivity contribution in [3.8, 4) is 0 Å². The van der Waals surface area contributed by atoms with E-state index in [0.717, 1.165) is 0 Å². The van der Waals surface area contributed by atoms with Gasteiger partial charge in [0.2, 0.25) is 5.69 Å². The third-order valence-corrected chi connectivity index (χ3v) is 6.68. The zero-order chi connectivity index (χ0) is 13.5. The van der Waals surface area contributed by atoms with Crippen LogP contribution in [-0.2, 0) is 30.4 Å². The molecule has 0 saturated carbocycles. The molecule has 0 N–H and O–H groups in total. The fourth-order valence-corrected chi connectivity index (χ4v) is 6.18. The van der Waals surface area contributed by atoms with Crippen LogP contribution in [0.3, 0.4) is 0 Å². The summed E-state index contributed by atoms with van der Waals surface area (Å²) in [6, 6.07) is 0. The van der Waals surface area contributed by atoms with Gasteiger partial charge in [0.1, 0.15) is 5.75 Å². The Morgan fingerprint density at radius 1 is 1.24 bits per heavy atom. The van der Waals surface area contributed by atoms with Crippen molar-refractivity contribution in [3.05, 3.63) is 0 Å². The lowest BCUT2D eigenvalue weighted by molar-refractivity contribution is -0.139. The Morgan fingerprint density at radius 2 is 1.71 bits per heavy atom. The van der Waals surface area contributed by atoms with E-state index in [1.807, 2.05) is 27.7 Å². The zero-order valence-electron chi connectivity index (χ0n) is 11.0. The van der Waals surface area contributed by atoms with E-state index in [2.05, 4.69) is 0 Å². The quantitative estimate of drug-likeness (QED) is 0.506. The fourth-order valence-electron chi connectivity index (χ4n) is 0.937. The molecule has 0 aliphatic carbocycles. The van der Waals surface area contributed by atoms with Gasteiger partial charge in [-0.15, -0.1) is 0 Å². The molecule has 0 spiro atoms. The number of rotatable bonds is 8. The molecule has 102 valence electrons. The molecule has 0 saturated heterocycles. The second-order valence-corrected chi connectivity index (χ2v) is 10.0. The molecule has 0 atom stereocenters. The van der Waals surface area contributed by atoms with Gasteiger partial charge in [-0.2, -0.15) is 0 Å². The van der Waals surface area contributed by atoms with Crippen LogP contribution in [0.15, 0.2) is 0 Å². The molecule has 0 aliphatic rings. The van der Waals surface area contributed by atoms with Gasteiger partial charge in [-0.25, -0.2) is 0 Å². The summed E-state index contributed by atoms with van der Waals surface area (Å²) in [5.41, 5.74) is -2.46. The van der Waals surface area contributed by atoms with Gasteiger partial charge in [0.05, 0.1) is 18.8 Å². The van der Waals surface area contributed by atoms with Crippen molar-refractivity contribution in [1.82, 2.24) is 0 Å². The van der Waals surface area contributed by atoms with Crippen molar-refractivity contribution in [2.24, 2.45) is 0 Å². The summed E-state index contributed by atoms with van der Waals surface area (Å²) in [4.78, 5) is 11.3. The Kier molecular flexibility index (Phi) is 8.68. The highest BCUT2D eigenvalue weighted by atomic mass is 32.9. The Labute approximate surface area is 113 Å². The zero-order valence-corrected chi connectivity index (χ0v) is 13.5. The van der Waals surface area contributed by atoms with Crippen LogP contribution in [0, 0.1) is 0 Å². The van der Waals surface area contributed by atoms with Crippen LogP contribution in [0.25, 0.3) is 0 Å². The lowest BCUT2D eigenvalue weighted by atomic mass is 10.5. The topological polar surface area (TPSA) is 44.8 Å². The van der Waals surface area contributed by atoms with E-state index in [9.17, 15) is 4.79 Å². The summed E-state index contributed by atoms with van der Waals surface area (Å²) in [6.45, 7) is 9.74. The Balaban J connectivity index is 4.38. The maximum atomic E-state index is 11.3. The van der Waals surface area contributed by atoms with Crippen molar-refractivity contribution in [2.75, 3.05) is 12.4 Å². The fraction of sp³-hybridized carbons (Fsp3) is 0.900. The maximum Gasteiger partial charge on any atom is 0.316 e. The average molecular weight is 300 g/mol. The lowest BCUT2D eigenvalue weighted by Gasteiger charge is -2.25. The van der Waals surface area contributed by atoms with Crippen LogP contribution in [0.4, 0.5) is 0 Å². The minimum atomic E-state index is -2.46. The van der Waals surface area contributed by atoms with E-state index in [1.165, 1.54) is 11.4 Å². The molecule has 0 fully saturated rings. The Hall–Kier alpha value is 0.390. The SMILES string of the molecule is CCOC(=O)CSP(=S)(OC(C)C)OC(C)C. The molecule has 4 nitrogen and oxygen atoms in total. The van der Waals surface area contributed by atoms with E-state index in [-0.39, 0.29) is 23.9 Å². The summed E-state index contributed by atoms with van der Waals surface area (Å²) in [6.07, 6.45) is -0.0384. The van der Waals surface area contributed by atoms with E-state index in [0.29, 0.717) is 6.61 Å². The van der Waals surface area contributed by atoms with Gasteiger partial charge in [0.15, 0.2) is 0 Å². The van der Waals surface area contributed by atoms with Gasteiger partial charge in [-0.1, -0.05) is 11.4 Å². The largest absolute Gasteiger partial charge is 0.465 e. The first-order valence-corrected chi connectivity index (χ1v) is 9.79. The van der Waals surface area contributed by atoms with Crippen LogP contribution in [0.2, 0.25) is 0 Å². The predicted molar refractivity (Wildman–Crippen MR) is 75.8 cm³/mol. The summed E-state index contributed by atoms with van der Waals surface area (Å²) >= 11 is 6.61. The average Bonchev–Trinajstić information content (AvgIpc) is 2.12. The predicted octanol–water partition coefficient (Wildman–Crippen LogP) is 3.36. The van der Waals surface area contributed by atoms with Crippen LogP contribution in [0.1, 0.15) is 34.6 Å². The minimum absolute atomic E-state index is 0.0192. The van der Waals surface area contributed by atoms with Gasteiger partial charge >= 0.3 is 5.97 Å². The first-order chi connectivity index (χ1) is 7.79. The number of hydrogen-bond acceptors (Lipinski definition) is 6. The van der Waals surface area contributed by atoms with Crippen molar-refractivity contribution in [1.29, 1.82) is 0 Å². The first kappa shape index (κ1) is 17.4. The highest BCUT2D eigenvalue weighted by Crippen LogP contribution is 2.62. The number of hydrogen-bond donors (Lipinski definition) is 0. The molecular weight excluding hydrogens is 279 g/mol. The highest BCUT2D eigenvalue weighted by molar-refractivity contribution is 8.68. The van der Waals surface area contributed by atoms with Crippen LogP contribution in [0.5, 0.6) is 0 Å². The van der Waals surface area contributed by atoms with Crippen molar-refractivity contribution in [3.63, 3.8) is 0 Å². The second-order valence-electron chi connectivity index (χ2n) is 3.83. The minimum Gasteiger partial charge on any atom is -0.465 e. The molecule has 0 heterocycles. The Morgan fingerprint density at radius 3 is 2.06 bits per heavy atom. The van der Waals surface area contributed by atoms with E-state index < -0.39 is 5.69 Å². The lowest BCUT2D eigenvalue weighted by Crippen LogP contribution is -2.10. The molecule has 17 heavy (non-hydrogen) atoms. The Bertz CT molecular complexity index is 267. The van der Waals surface area contributed by atoms with E-state index >= 15 is 0 Å². The molecule has 0 rings (SSSR count). The summed E-state index contributed by atoms with van der Waals surface area (Å²) in [7, 11) is 0. The van der Waals surface area contributed by atoms with Gasteiger partial charge in [-0.3, -0.25) is 4.79 Å². The molecule has 0 aromatic carbocycles. The van der Waals surface area contributed by atoms with E-state index in [4.69, 9.17) is 25.6 Å². The molecule has 0 bridgehead atoms. The molecule has 0 unspecified atom stereocenters. The molecule has 0 amide bonds. The van der Waals surface area contributed by atoms with Gasteiger partial charge in [-0.05, 0) is 46.4 Å². The van der Waals surface area contributed by atoms with Gasteiger partial charge in [0.25, 0.3) is 0 Å². The highest BCUT2D eigenvalue weighted by Gasteiger charge is 2.25. The molecule has 0 radical (unpaired) electrons. The third-order valence-electron chi connectivity index (χ3n) is 1.33. The van der Waals surface area contributed by atoms with Crippen LogP contribution >= 0.6 is 17.1 Å². The summed E-state index contributed by atoms with van der Waals surface area (Å²) in [5.74, 6) is -0.115. The number of carbonyl (C=O) groups excluding carboxylic acids is 1. The number of carbonyl (C=O) groups is 1. The van der Waals surface area contributed by atoms with Crippen molar-refractivity contribution in [2.45, 2.75) is 46.8 Å². The second kappa shape index (κ2) is 8.48. The molecule has 0 aromatic heterocycles. The summed E-state index contributed by atoms with van der Waals surface area (Å²) in [5, 5.41) is 0.